The van der Waals surface area contributed by atoms with Crippen molar-refractivity contribution in [2.24, 2.45) is 5.92 Å². The molecule has 0 spiro atoms. The van der Waals surface area contributed by atoms with Crippen molar-refractivity contribution in [2.75, 3.05) is 13.1 Å². The van der Waals surface area contributed by atoms with Crippen LogP contribution >= 0.6 is 0 Å². The minimum atomic E-state index is -4.41. The molecule has 2 fully saturated rings. The van der Waals surface area contributed by atoms with Gasteiger partial charge >= 0.3 is 12.1 Å². The molecule has 1 N–H and O–H groups in total. The Bertz CT molecular complexity index is 919. The quantitative estimate of drug-likeness (QED) is 0.675. The number of likely N-dealkylation sites (tertiary alicyclic amines) is 1. The van der Waals surface area contributed by atoms with Crippen LogP contribution in [0, 0.1) is 5.92 Å². The van der Waals surface area contributed by atoms with Crippen molar-refractivity contribution < 1.29 is 27.8 Å². The third-order valence-corrected chi connectivity index (χ3v) is 6.11. The Morgan fingerprint density at radius 3 is 2.45 bits per heavy atom. The van der Waals surface area contributed by atoms with Gasteiger partial charge in [-0.2, -0.15) is 13.2 Å². The van der Waals surface area contributed by atoms with Crippen LogP contribution in [-0.2, 0) is 24.1 Å². The summed E-state index contributed by atoms with van der Waals surface area (Å²) in [4.78, 5) is 17.1. The fourth-order valence-corrected chi connectivity index (χ4v) is 4.36. The number of halogens is 3. The molecule has 166 valence electrons. The number of benzene rings is 1. The van der Waals surface area contributed by atoms with E-state index in [2.05, 4.69) is 4.98 Å². The van der Waals surface area contributed by atoms with Crippen LogP contribution in [0.25, 0.3) is 0 Å². The number of alkyl halides is 3. The molecule has 31 heavy (non-hydrogen) atoms. The standard InChI is InChI=1S/C23H25F3N2O3/c24-23(25,26)21-9-18(27-10-20(21)16-3-1-2-4-16)14-31-19-7-5-15(6-8-19)11-28-12-17(13-28)22(29)30/h5-10,16-17H,1-4,11-14H2,(H,29,30). The molecule has 2 aromatic rings. The smallest absolute Gasteiger partial charge is 0.416 e. The van der Waals surface area contributed by atoms with Gasteiger partial charge in [0.1, 0.15) is 12.4 Å². The zero-order valence-electron chi connectivity index (χ0n) is 17.1. The lowest BCUT2D eigenvalue weighted by molar-refractivity contribution is -0.147. The third kappa shape index (κ3) is 5.18. The predicted molar refractivity (Wildman–Crippen MR) is 108 cm³/mol. The van der Waals surface area contributed by atoms with Gasteiger partial charge in [0.15, 0.2) is 0 Å². The van der Waals surface area contributed by atoms with Crippen LogP contribution in [0.4, 0.5) is 13.2 Å². The number of hydrogen-bond acceptors (Lipinski definition) is 4. The molecular formula is C23H25F3N2O3. The first-order chi connectivity index (χ1) is 14.8. The number of carboxylic acid groups (broad SMARTS) is 1. The van der Waals surface area contributed by atoms with Gasteiger partial charge in [-0.3, -0.25) is 14.7 Å². The minimum absolute atomic E-state index is 0.0419. The first kappa shape index (κ1) is 21.6. The summed E-state index contributed by atoms with van der Waals surface area (Å²) in [6.07, 6.45) is 0.440. The van der Waals surface area contributed by atoms with Gasteiger partial charge in [-0.05, 0) is 48.1 Å². The van der Waals surface area contributed by atoms with Crippen molar-refractivity contribution in [2.45, 2.75) is 50.9 Å². The van der Waals surface area contributed by atoms with Gasteiger partial charge in [0.05, 0.1) is 17.2 Å². The second-order valence-electron chi connectivity index (χ2n) is 8.40. The van der Waals surface area contributed by atoms with Crippen LogP contribution in [0.5, 0.6) is 5.75 Å². The van der Waals surface area contributed by atoms with Crippen molar-refractivity contribution in [3.63, 3.8) is 0 Å². The summed E-state index contributed by atoms with van der Waals surface area (Å²) >= 11 is 0. The van der Waals surface area contributed by atoms with Crippen LogP contribution in [-0.4, -0.2) is 34.0 Å². The molecular weight excluding hydrogens is 409 g/mol. The molecule has 1 saturated heterocycles. The largest absolute Gasteiger partial charge is 0.487 e. The normalized spacial score (nSPS) is 18.2. The highest BCUT2D eigenvalue weighted by atomic mass is 19.4. The SMILES string of the molecule is O=C(O)C1CN(Cc2ccc(OCc3cc(C(F)(F)F)c(C4CCCC4)cn3)cc2)C1. The van der Waals surface area contributed by atoms with Crippen LogP contribution in [0.15, 0.2) is 36.5 Å². The number of pyridine rings is 1. The summed E-state index contributed by atoms with van der Waals surface area (Å²) in [5.74, 6) is -0.579. The van der Waals surface area contributed by atoms with Crippen molar-refractivity contribution in [3.8, 4) is 5.75 Å². The molecule has 0 bridgehead atoms. The average Bonchev–Trinajstić information content (AvgIpc) is 3.23. The molecule has 0 atom stereocenters. The summed E-state index contributed by atoms with van der Waals surface area (Å²) in [6, 6.07) is 8.40. The molecule has 1 aliphatic heterocycles. The van der Waals surface area contributed by atoms with Crippen LogP contribution in [0.3, 0.4) is 0 Å². The highest BCUT2D eigenvalue weighted by Gasteiger charge is 2.36. The maximum Gasteiger partial charge on any atom is 0.416 e. The molecule has 0 radical (unpaired) electrons. The van der Waals surface area contributed by atoms with Gasteiger partial charge in [-0.1, -0.05) is 25.0 Å². The number of aromatic nitrogens is 1. The summed E-state index contributed by atoms with van der Waals surface area (Å²) in [5.41, 5.74) is 0.972. The number of aliphatic carboxylic acids is 1. The average molecular weight is 434 g/mol. The molecule has 1 aliphatic carbocycles. The molecule has 5 nitrogen and oxygen atoms in total. The highest BCUT2D eigenvalue weighted by Crippen LogP contribution is 2.41. The maximum absolute atomic E-state index is 13.6. The van der Waals surface area contributed by atoms with Crippen molar-refractivity contribution >= 4 is 5.97 Å². The van der Waals surface area contributed by atoms with E-state index in [1.165, 1.54) is 6.20 Å². The van der Waals surface area contributed by atoms with Crippen molar-refractivity contribution in [1.82, 2.24) is 9.88 Å². The van der Waals surface area contributed by atoms with E-state index >= 15 is 0 Å². The Hall–Kier alpha value is -2.61. The number of carbonyl (C=O) groups is 1. The van der Waals surface area contributed by atoms with Gasteiger partial charge < -0.3 is 9.84 Å². The van der Waals surface area contributed by atoms with E-state index < -0.39 is 17.7 Å². The number of nitrogens with zero attached hydrogens (tertiary/aromatic N) is 2. The van der Waals surface area contributed by atoms with E-state index in [1.807, 2.05) is 17.0 Å². The maximum atomic E-state index is 13.6. The Balaban J connectivity index is 1.36. The summed E-state index contributed by atoms with van der Waals surface area (Å²) in [7, 11) is 0. The Morgan fingerprint density at radius 1 is 1.16 bits per heavy atom. The molecule has 1 saturated carbocycles. The van der Waals surface area contributed by atoms with E-state index in [0.717, 1.165) is 37.3 Å². The molecule has 2 aliphatic rings. The lowest BCUT2D eigenvalue weighted by Gasteiger charge is -2.36. The molecule has 1 aromatic carbocycles. The summed E-state index contributed by atoms with van der Waals surface area (Å²) in [6.45, 7) is 1.69. The number of carboxylic acids is 1. The number of ether oxygens (including phenoxy) is 1. The van der Waals surface area contributed by atoms with Crippen LogP contribution < -0.4 is 4.74 Å². The fraction of sp³-hybridized carbons (Fsp3) is 0.478. The van der Waals surface area contributed by atoms with Crippen molar-refractivity contribution in [3.05, 3.63) is 58.9 Å². The third-order valence-electron chi connectivity index (χ3n) is 6.11. The van der Waals surface area contributed by atoms with Gasteiger partial charge in [-0.15, -0.1) is 0 Å². The van der Waals surface area contributed by atoms with Crippen molar-refractivity contribution in [1.29, 1.82) is 0 Å². The van der Waals surface area contributed by atoms with E-state index in [-0.39, 0.29) is 24.1 Å². The minimum Gasteiger partial charge on any atom is -0.487 e. The number of hydrogen-bond donors (Lipinski definition) is 1. The monoisotopic (exact) mass is 434 g/mol. The van der Waals surface area contributed by atoms with E-state index in [9.17, 15) is 18.0 Å². The molecule has 0 unspecified atom stereocenters. The molecule has 1 aromatic heterocycles. The molecule has 2 heterocycles. The Morgan fingerprint density at radius 2 is 1.84 bits per heavy atom. The topological polar surface area (TPSA) is 62.7 Å². The fourth-order valence-electron chi connectivity index (χ4n) is 4.36. The zero-order valence-corrected chi connectivity index (χ0v) is 17.1. The second kappa shape index (κ2) is 8.86. The highest BCUT2D eigenvalue weighted by molar-refractivity contribution is 5.71. The zero-order chi connectivity index (χ0) is 22.0. The lowest BCUT2D eigenvalue weighted by atomic mass is 9.94. The first-order valence-corrected chi connectivity index (χ1v) is 10.5. The van der Waals surface area contributed by atoms with Gasteiger partial charge in [-0.25, -0.2) is 0 Å². The molecule has 0 amide bonds. The first-order valence-electron chi connectivity index (χ1n) is 10.5. The predicted octanol–water partition coefficient (Wildman–Crippen LogP) is 4.85. The van der Waals surface area contributed by atoms with E-state index in [1.54, 1.807) is 12.1 Å². The Kier molecular flexibility index (Phi) is 6.18. The number of rotatable bonds is 7. The lowest BCUT2D eigenvalue weighted by Crippen LogP contribution is -2.49. The second-order valence-corrected chi connectivity index (χ2v) is 8.40. The van der Waals surface area contributed by atoms with Crippen LogP contribution in [0.2, 0.25) is 0 Å². The Labute approximate surface area is 178 Å². The molecule has 8 heteroatoms. The van der Waals surface area contributed by atoms with E-state index in [0.29, 0.717) is 30.9 Å². The van der Waals surface area contributed by atoms with Gasteiger partial charge in [0.2, 0.25) is 0 Å². The van der Waals surface area contributed by atoms with Crippen LogP contribution in [0.1, 0.15) is 54.0 Å². The summed E-state index contributed by atoms with van der Waals surface area (Å²) in [5, 5.41) is 8.93. The summed E-state index contributed by atoms with van der Waals surface area (Å²) < 4.78 is 46.4. The van der Waals surface area contributed by atoms with E-state index in [4.69, 9.17) is 9.84 Å². The molecule has 4 rings (SSSR count). The van der Waals surface area contributed by atoms with Gasteiger partial charge in [0.25, 0.3) is 0 Å². The van der Waals surface area contributed by atoms with Gasteiger partial charge in [0, 0.05) is 25.8 Å².